The van der Waals surface area contributed by atoms with Crippen LogP contribution in [0.1, 0.15) is 43.1 Å². The lowest BCUT2D eigenvalue weighted by atomic mass is 10.1. The number of aryl methyl sites for hydroxylation is 1. The number of rotatable bonds is 6. The fourth-order valence-corrected chi connectivity index (χ4v) is 3.82. The van der Waals surface area contributed by atoms with Crippen molar-refractivity contribution in [2.45, 2.75) is 38.8 Å². The highest BCUT2D eigenvalue weighted by Crippen LogP contribution is 2.25. The van der Waals surface area contributed by atoms with E-state index in [-0.39, 0.29) is 5.95 Å². The molecule has 2 N–H and O–H groups in total. The van der Waals surface area contributed by atoms with E-state index >= 15 is 0 Å². The fourth-order valence-electron chi connectivity index (χ4n) is 3.82. The van der Waals surface area contributed by atoms with Crippen LogP contribution in [-0.4, -0.2) is 49.8 Å². The molecule has 1 aromatic carbocycles. The van der Waals surface area contributed by atoms with Gasteiger partial charge >= 0.3 is 0 Å². The monoisotopic (exact) mass is 428 g/mol. The molecule has 0 bridgehead atoms. The van der Waals surface area contributed by atoms with Crippen molar-refractivity contribution in [1.29, 1.82) is 0 Å². The maximum atomic E-state index is 14.0. The highest BCUT2D eigenvalue weighted by atomic mass is 19.1. The maximum absolute atomic E-state index is 14.0. The molecule has 2 aromatic heterocycles. The Bertz CT molecular complexity index is 1050. The Labute approximate surface area is 179 Å². The highest BCUT2D eigenvalue weighted by molar-refractivity contribution is 5.49. The number of likely N-dealkylation sites (tertiary alicyclic amines) is 1. The number of benzene rings is 1. The molecule has 1 aliphatic heterocycles. The van der Waals surface area contributed by atoms with Crippen LogP contribution >= 0.6 is 0 Å². The molecule has 1 aliphatic rings. The lowest BCUT2D eigenvalue weighted by Crippen LogP contribution is -2.32. The van der Waals surface area contributed by atoms with Crippen molar-refractivity contribution in [3.8, 4) is 0 Å². The van der Waals surface area contributed by atoms with Gasteiger partial charge in [-0.25, -0.2) is 18.7 Å². The molecule has 1 fully saturated rings. The minimum Gasteiger partial charge on any atom is -0.347 e. The molecule has 164 valence electrons. The van der Waals surface area contributed by atoms with E-state index in [1.165, 1.54) is 18.5 Å². The zero-order valence-electron chi connectivity index (χ0n) is 17.8. The van der Waals surface area contributed by atoms with E-state index in [9.17, 15) is 8.78 Å². The smallest absolute Gasteiger partial charge is 0.233 e. The zero-order chi connectivity index (χ0) is 22.0. The van der Waals surface area contributed by atoms with Crippen LogP contribution in [0.3, 0.4) is 0 Å². The second-order valence-electron chi connectivity index (χ2n) is 7.94. The first-order chi connectivity index (χ1) is 14.9. The molecule has 31 heavy (non-hydrogen) atoms. The van der Waals surface area contributed by atoms with E-state index in [1.54, 1.807) is 6.92 Å². The standard InChI is InChI=1S/C21H26F2N8/c1-13-10-19(29-31(13)16-6-8-30(3)9-7-16)27-21-25-12-24-20(28-21)26-14(2)17-5-4-15(22)11-18(17)23/h4-5,10-12,14,16H,6-9H2,1-3H3,(H2,24,25,26,27,28,29). The number of aromatic nitrogens is 5. The second-order valence-corrected chi connectivity index (χ2v) is 7.94. The van der Waals surface area contributed by atoms with Crippen LogP contribution in [0.4, 0.5) is 26.5 Å². The summed E-state index contributed by atoms with van der Waals surface area (Å²) in [5.41, 5.74) is 1.40. The number of anilines is 3. The number of halogens is 2. The summed E-state index contributed by atoms with van der Waals surface area (Å²) in [7, 11) is 2.14. The Hall–Kier alpha value is -3.14. The Morgan fingerprint density at radius 2 is 1.84 bits per heavy atom. The number of hydrogen-bond donors (Lipinski definition) is 2. The molecule has 0 radical (unpaired) electrons. The van der Waals surface area contributed by atoms with Gasteiger partial charge in [0.25, 0.3) is 0 Å². The van der Waals surface area contributed by atoms with Crippen molar-refractivity contribution < 1.29 is 8.78 Å². The Morgan fingerprint density at radius 1 is 1.10 bits per heavy atom. The molecule has 1 unspecified atom stereocenters. The molecule has 0 amide bonds. The first-order valence-corrected chi connectivity index (χ1v) is 10.3. The molecule has 0 spiro atoms. The van der Waals surface area contributed by atoms with Gasteiger partial charge in [0.2, 0.25) is 11.9 Å². The molecular weight excluding hydrogens is 402 g/mol. The van der Waals surface area contributed by atoms with E-state index in [1.807, 2.05) is 13.0 Å². The number of piperidine rings is 1. The molecular formula is C21H26F2N8. The quantitative estimate of drug-likeness (QED) is 0.617. The molecule has 10 heteroatoms. The predicted octanol–water partition coefficient (Wildman–Crippen LogP) is 3.84. The third-order valence-electron chi connectivity index (χ3n) is 5.54. The number of nitrogens with one attached hydrogen (secondary N) is 2. The van der Waals surface area contributed by atoms with Gasteiger partial charge < -0.3 is 15.5 Å². The predicted molar refractivity (Wildman–Crippen MR) is 114 cm³/mol. The third-order valence-corrected chi connectivity index (χ3v) is 5.54. The lowest BCUT2D eigenvalue weighted by molar-refractivity contribution is 0.211. The normalized spacial score (nSPS) is 16.3. The van der Waals surface area contributed by atoms with Crippen LogP contribution in [0.5, 0.6) is 0 Å². The van der Waals surface area contributed by atoms with Crippen LogP contribution in [0.2, 0.25) is 0 Å². The Balaban J connectivity index is 1.45. The Morgan fingerprint density at radius 3 is 2.58 bits per heavy atom. The summed E-state index contributed by atoms with van der Waals surface area (Å²) < 4.78 is 29.2. The van der Waals surface area contributed by atoms with Gasteiger partial charge in [0.1, 0.15) is 18.0 Å². The van der Waals surface area contributed by atoms with E-state index < -0.39 is 17.7 Å². The lowest BCUT2D eigenvalue weighted by Gasteiger charge is -2.29. The van der Waals surface area contributed by atoms with Crippen molar-refractivity contribution in [2.24, 2.45) is 0 Å². The van der Waals surface area contributed by atoms with E-state index in [0.29, 0.717) is 23.4 Å². The first-order valence-electron chi connectivity index (χ1n) is 10.3. The SMILES string of the molecule is Cc1cc(Nc2ncnc(NC(C)c3ccc(F)cc3F)n2)nn1C1CCN(C)CC1. The van der Waals surface area contributed by atoms with Crippen LogP contribution < -0.4 is 10.6 Å². The topological polar surface area (TPSA) is 83.8 Å². The van der Waals surface area contributed by atoms with Gasteiger partial charge in [0, 0.05) is 23.4 Å². The van der Waals surface area contributed by atoms with Crippen molar-refractivity contribution in [1.82, 2.24) is 29.6 Å². The molecule has 1 saturated heterocycles. The Kier molecular flexibility index (Phi) is 6.08. The molecule has 0 aliphatic carbocycles. The van der Waals surface area contributed by atoms with E-state index in [0.717, 1.165) is 37.7 Å². The summed E-state index contributed by atoms with van der Waals surface area (Å²) in [4.78, 5) is 14.9. The maximum Gasteiger partial charge on any atom is 0.233 e. The van der Waals surface area contributed by atoms with Crippen molar-refractivity contribution >= 4 is 17.7 Å². The minimum absolute atomic E-state index is 0.278. The average Bonchev–Trinajstić information content (AvgIpc) is 3.08. The van der Waals surface area contributed by atoms with Crippen LogP contribution in [0, 0.1) is 18.6 Å². The third kappa shape index (κ3) is 4.96. The summed E-state index contributed by atoms with van der Waals surface area (Å²) in [6.45, 7) is 5.90. The highest BCUT2D eigenvalue weighted by Gasteiger charge is 2.21. The summed E-state index contributed by atoms with van der Waals surface area (Å²) in [6.07, 6.45) is 3.50. The largest absolute Gasteiger partial charge is 0.347 e. The fraction of sp³-hybridized carbons (Fsp3) is 0.429. The van der Waals surface area contributed by atoms with Crippen molar-refractivity contribution in [3.63, 3.8) is 0 Å². The molecule has 8 nitrogen and oxygen atoms in total. The number of nitrogens with zero attached hydrogens (tertiary/aromatic N) is 6. The van der Waals surface area contributed by atoms with Gasteiger partial charge in [-0.1, -0.05) is 6.07 Å². The summed E-state index contributed by atoms with van der Waals surface area (Å²) >= 11 is 0. The minimum atomic E-state index is -0.623. The zero-order valence-corrected chi connectivity index (χ0v) is 17.8. The molecule has 3 aromatic rings. The number of hydrogen-bond acceptors (Lipinski definition) is 7. The van der Waals surface area contributed by atoms with Gasteiger partial charge in [-0.05, 0) is 52.9 Å². The van der Waals surface area contributed by atoms with E-state index in [4.69, 9.17) is 5.10 Å². The van der Waals surface area contributed by atoms with Crippen LogP contribution in [0.25, 0.3) is 0 Å². The first kappa shape index (κ1) is 21.1. The average molecular weight is 428 g/mol. The van der Waals surface area contributed by atoms with Gasteiger partial charge in [-0.3, -0.25) is 4.68 Å². The van der Waals surface area contributed by atoms with Crippen molar-refractivity contribution in [3.05, 3.63) is 53.5 Å². The van der Waals surface area contributed by atoms with Crippen molar-refractivity contribution in [2.75, 3.05) is 30.8 Å². The van der Waals surface area contributed by atoms with Gasteiger partial charge in [0.15, 0.2) is 5.82 Å². The second kappa shape index (κ2) is 8.93. The van der Waals surface area contributed by atoms with Crippen LogP contribution in [0.15, 0.2) is 30.6 Å². The summed E-state index contributed by atoms with van der Waals surface area (Å²) in [5.74, 6) is 0.0288. The molecule has 4 rings (SSSR count). The van der Waals surface area contributed by atoms with Gasteiger partial charge in [-0.2, -0.15) is 10.1 Å². The molecule has 0 saturated carbocycles. The molecule has 3 heterocycles. The molecule has 1 atom stereocenters. The van der Waals surface area contributed by atoms with Gasteiger partial charge in [0.05, 0.1) is 12.1 Å². The summed E-state index contributed by atoms with van der Waals surface area (Å²) in [6, 6.07) is 5.37. The van der Waals surface area contributed by atoms with Gasteiger partial charge in [-0.15, -0.1) is 0 Å². The summed E-state index contributed by atoms with van der Waals surface area (Å²) in [5, 5.41) is 10.8. The van der Waals surface area contributed by atoms with Crippen LogP contribution in [-0.2, 0) is 0 Å². The van der Waals surface area contributed by atoms with E-state index in [2.05, 4.69) is 42.2 Å².